The van der Waals surface area contributed by atoms with Crippen molar-refractivity contribution in [2.75, 3.05) is 0 Å². The molecule has 0 amide bonds. The Morgan fingerprint density at radius 1 is 0.167 bits per heavy atom. The minimum absolute atomic E-state index is 0.0196. The molecule has 15 heteroatoms. The molecule has 0 aliphatic carbocycles. The summed E-state index contributed by atoms with van der Waals surface area (Å²) in [6, 6.07) is 121. The number of fused-ring (bicyclic) bond motifs is 21. The van der Waals surface area contributed by atoms with Crippen LogP contribution in [-0.2, 0) is 0 Å². The van der Waals surface area contributed by atoms with Crippen LogP contribution in [0.15, 0.2) is 486 Å². The van der Waals surface area contributed by atoms with Crippen molar-refractivity contribution in [2.24, 2.45) is 0 Å². The summed E-state index contributed by atoms with van der Waals surface area (Å²) in [4.78, 5) is 43.9. The molecule has 0 atom stereocenters. The van der Waals surface area contributed by atoms with Crippen LogP contribution in [0.5, 0.6) is 0 Å². The minimum Gasteiger partial charge on any atom is -0.456 e. The van der Waals surface area contributed by atoms with Gasteiger partial charge in [0.2, 0.25) is 0 Å². The Hall–Kier alpha value is -19.8. The van der Waals surface area contributed by atoms with Crippen molar-refractivity contribution < 1.29 is 33.8 Å². The molecule has 0 fully saturated rings. The molecule has 0 aliphatic heterocycles. The molecule has 0 saturated heterocycles. The quantitative estimate of drug-likeness (QED) is 0.114. The van der Waals surface area contributed by atoms with Gasteiger partial charge in [0, 0.05) is 132 Å². The molecule has 15 nitrogen and oxygen atoms in total. The minimum atomic E-state index is -0.487. The van der Waals surface area contributed by atoms with Gasteiger partial charge in [0.05, 0.1) is 53.7 Å². The lowest BCUT2D eigenvalue weighted by molar-refractivity contribution is 0.669. The van der Waals surface area contributed by atoms with Crippen LogP contribution in [0.4, 0.5) is 0 Å². The van der Waals surface area contributed by atoms with E-state index in [1.54, 1.807) is 0 Å². The molecule has 672 valence electrons. The van der Waals surface area contributed by atoms with Crippen molar-refractivity contribution in [3.8, 4) is 120 Å². The van der Waals surface area contributed by atoms with Crippen LogP contribution in [-0.4, -0.2) is 58.6 Å². The Kier molecular flexibility index (Phi) is 16.2. The number of benzene rings is 21. The van der Waals surface area contributed by atoms with Crippen LogP contribution >= 0.6 is 0 Å². The average Bonchev–Trinajstić information content (AvgIpc) is 1.62. The van der Waals surface area contributed by atoms with Gasteiger partial charge >= 0.3 is 0 Å². The molecule has 0 aliphatic rings. The van der Waals surface area contributed by atoms with E-state index in [1.165, 1.54) is 0 Å². The Morgan fingerprint density at radius 2 is 0.444 bits per heavy atom. The van der Waals surface area contributed by atoms with Gasteiger partial charge in [0.1, 0.15) is 33.5 Å². The smallest absolute Gasteiger partial charge is 0.164 e. The molecule has 0 N–H and O–H groups in total. The molecular formula is C129H78N12O3. The first-order valence-electron chi connectivity index (χ1n) is 54.4. The van der Waals surface area contributed by atoms with Gasteiger partial charge in [0.25, 0.3) is 0 Å². The number of hydrogen-bond acceptors (Lipinski definition) is 12. The number of para-hydroxylation sites is 6. The predicted octanol–water partition coefficient (Wildman–Crippen LogP) is 33.1. The first kappa shape index (κ1) is 68.3. The maximum Gasteiger partial charge on any atom is 0.164 e. The number of aromatic nitrogens is 12. The maximum absolute atomic E-state index is 8.82. The summed E-state index contributed by atoms with van der Waals surface area (Å²) >= 11 is 0. The standard InChI is InChI=1S/3C43H26N4O/c1-3-12-27(13-4-1)41-44-42(30-22-23-33-32-18-9-10-20-36(32)47(37(33)25-30)31-16-5-2-6-17-31)46-43(45-41)34-19-11-21-38-40(34)35-24-28-14-7-8-15-29(28)26-39(35)48-38;1-3-11-27(12-4-1)41-44-42(30-20-22-39-35(24-30)36-23-28-13-7-8-14-29(28)26-40(36)48-39)46-43(45-41)31-19-21-34-33-17-9-10-18-37(33)47(38(34)25-31)32-15-5-2-6-16-32;1-3-11-27(12-4-1)41-44-42(30-19-21-34-33-17-9-10-18-37(33)47(38(34)24-30)32-15-5-2-6-16-32)46-43(45-41)31-20-22-35-36-23-28-13-7-8-14-29(28)25-40(36)48-39(35)26-31/h3*1-26H/i1D,3D,4D,12D,13D;2*1D,3D,4D,11D,12D. The van der Waals surface area contributed by atoms with Crippen molar-refractivity contribution in [1.29, 1.82) is 0 Å². The van der Waals surface area contributed by atoms with Crippen LogP contribution in [0.1, 0.15) is 20.6 Å². The summed E-state index contributed by atoms with van der Waals surface area (Å²) in [6.45, 7) is 0. The monoisotopic (exact) mass is 1860 g/mol. The molecule has 30 rings (SSSR count). The highest BCUT2D eigenvalue weighted by molar-refractivity contribution is 6.18. The van der Waals surface area contributed by atoms with E-state index in [4.69, 9.17) is 78.7 Å². The Labute approximate surface area is 843 Å². The van der Waals surface area contributed by atoms with E-state index >= 15 is 0 Å². The molecule has 21 aromatic carbocycles. The van der Waals surface area contributed by atoms with Crippen LogP contribution in [0.25, 0.3) is 283 Å². The van der Waals surface area contributed by atoms with E-state index in [0.29, 0.717) is 73.2 Å². The fourth-order valence-corrected chi connectivity index (χ4v) is 20.1. The van der Waals surface area contributed by atoms with Gasteiger partial charge in [-0.3, -0.25) is 0 Å². The average molecular weight is 1860 g/mol. The number of nitrogens with zero attached hydrogens (tertiary/aromatic N) is 12. The summed E-state index contributed by atoms with van der Waals surface area (Å²) in [6.07, 6.45) is 0. The molecule has 144 heavy (non-hydrogen) atoms. The summed E-state index contributed by atoms with van der Waals surface area (Å²) in [5.74, 6) is 1.65. The molecule has 0 unspecified atom stereocenters. The lowest BCUT2D eigenvalue weighted by Gasteiger charge is -2.11. The highest BCUT2D eigenvalue weighted by atomic mass is 16.3. The summed E-state index contributed by atoms with van der Waals surface area (Å²) in [5, 5.41) is 18.3. The van der Waals surface area contributed by atoms with Crippen molar-refractivity contribution in [3.63, 3.8) is 0 Å². The van der Waals surface area contributed by atoms with Crippen LogP contribution in [0.2, 0.25) is 0 Å². The fourth-order valence-electron chi connectivity index (χ4n) is 20.1. The van der Waals surface area contributed by atoms with Crippen molar-refractivity contribution >= 4 is 164 Å². The maximum atomic E-state index is 8.82. The van der Waals surface area contributed by atoms with Crippen LogP contribution in [0, 0.1) is 0 Å². The van der Waals surface area contributed by atoms with Crippen molar-refractivity contribution in [1.82, 2.24) is 58.6 Å². The number of hydrogen-bond donors (Lipinski definition) is 0. The molecule has 0 radical (unpaired) electrons. The third-order valence-electron chi connectivity index (χ3n) is 26.7. The van der Waals surface area contributed by atoms with E-state index in [1.807, 2.05) is 255 Å². The summed E-state index contributed by atoms with van der Waals surface area (Å²) in [5.41, 5.74) is 16.9. The largest absolute Gasteiger partial charge is 0.456 e. The van der Waals surface area contributed by atoms with Crippen molar-refractivity contribution in [2.45, 2.75) is 0 Å². The van der Waals surface area contributed by atoms with Gasteiger partial charge in [0.15, 0.2) is 52.4 Å². The van der Waals surface area contributed by atoms with Gasteiger partial charge in [-0.25, -0.2) is 44.9 Å². The topological polar surface area (TPSA) is 170 Å². The fraction of sp³-hybridized carbons (Fsp3) is 0. The van der Waals surface area contributed by atoms with E-state index in [0.717, 1.165) is 158 Å². The second-order valence-electron chi connectivity index (χ2n) is 35.2. The summed E-state index contributed by atoms with van der Waals surface area (Å²) < 4.78 is 153. The van der Waals surface area contributed by atoms with Gasteiger partial charge < -0.3 is 27.0 Å². The third-order valence-corrected chi connectivity index (χ3v) is 26.7. The Bertz CT molecular complexity index is 11300. The van der Waals surface area contributed by atoms with E-state index < -0.39 is 78.6 Å². The third kappa shape index (κ3) is 14.4. The van der Waals surface area contributed by atoms with Gasteiger partial charge in [-0.2, -0.15) is 0 Å². The highest BCUT2D eigenvalue weighted by Crippen LogP contribution is 2.45. The zero-order valence-corrected chi connectivity index (χ0v) is 76.0. The molecule has 9 heterocycles. The van der Waals surface area contributed by atoms with E-state index in [9.17, 15) is 0 Å². The lowest BCUT2D eigenvalue weighted by atomic mass is 10.0. The highest BCUT2D eigenvalue weighted by Gasteiger charge is 2.26. The van der Waals surface area contributed by atoms with Gasteiger partial charge in [-0.15, -0.1) is 0 Å². The molecule has 30 aromatic rings. The predicted molar refractivity (Wildman–Crippen MR) is 586 cm³/mol. The number of furan rings is 3. The van der Waals surface area contributed by atoms with Gasteiger partial charge in [-0.05, 0) is 178 Å². The van der Waals surface area contributed by atoms with Crippen LogP contribution in [0.3, 0.4) is 0 Å². The molecule has 0 spiro atoms. The second kappa shape index (κ2) is 34.1. The zero-order chi connectivity index (χ0) is 108. The molecule has 0 bridgehead atoms. The first-order valence-corrected chi connectivity index (χ1v) is 46.9. The van der Waals surface area contributed by atoms with E-state index in [2.05, 4.69) is 141 Å². The SMILES string of the molecule is [2H]c1c([2H])c([2H])c(-c2nc(-c3ccc4c(c3)oc3cc5ccccc5cc34)nc(-c3ccc4c5ccccc5n(-c5ccccc5)c4c3)n2)c([2H])c1[2H].[2H]c1c([2H])c([2H])c(-c2nc(-c3ccc4c5ccccc5n(-c5ccccc5)c4c3)nc(-c3cccc4oc5cc6ccccc6cc5c34)n2)c([2H])c1[2H].[2H]c1c([2H])c([2H])c(-c2nc(-c3ccc4oc5cc6ccccc6cc5c4c3)nc(-c3ccc4c5ccccc5n(-c5ccccc5)c4c3)n2)c([2H])c1[2H]. The molecule has 9 aromatic heterocycles. The Balaban J connectivity index is 0.000000113. The normalized spacial score (nSPS) is 13.2. The second-order valence-corrected chi connectivity index (χ2v) is 35.2. The first-order chi connectivity index (χ1) is 77.5. The number of rotatable bonds is 12. The van der Waals surface area contributed by atoms with Crippen LogP contribution < -0.4 is 0 Å². The summed E-state index contributed by atoms with van der Waals surface area (Å²) in [7, 11) is 0. The lowest BCUT2D eigenvalue weighted by Crippen LogP contribution is -2.00. The molecule has 0 saturated carbocycles. The van der Waals surface area contributed by atoms with E-state index in [-0.39, 0.29) is 63.7 Å². The Morgan fingerprint density at radius 3 is 0.847 bits per heavy atom. The zero-order valence-electron chi connectivity index (χ0n) is 91.0. The molecular weight excluding hydrogens is 1770 g/mol. The van der Waals surface area contributed by atoms with Crippen molar-refractivity contribution in [3.05, 3.63) is 473 Å². The van der Waals surface area contributed by atoms with Gasteiger partial charge in [-0.1, -0.05) is 327 Å².